The lowest BCUT2D eigenvalue weighted by atomic mass is 10.1. The van der Waals surface area contributed by atoms with Gasteiger partial charge in [0.1, 0.15) is 0 Å². The summed E-state index contributed by atoms with van der Waals surface area (Å²) in [4.78, 5) is 10.4. The molecule has 0 heterocycles. The Morgan fingerprint density at radius 2 is 1.94 bits per heavy atom. The average molecular weight is 222 g/mol. The van der Waals surface area contributed by atoms with Gasteiger partial charge in [-0.25, -0.2) is 0 Å². The van der Waals surface area contributed by atoms with Crippen LogP contribution < -0.4 is 5.32 Å². The zero-order valence-electron chi connectivity index (χ0n) is 10.2. The SMILES string of the molecule is Cc1cc([N+](=O)[O-])c(C)cc1NCC(C)C. The van der Waals surface area contributed by atoms with Crippen molar-refractivity contribution in [3.05, 3.63) is 33.4 Å². The topological polar surface area (TPSA) is 55.2 Å². The molecule has 1 aromatic carbocycles. The Hall–Kier alpha value is -1.58. The summed E-state index contributed by atoms with van der Waals surface area (Å²) in [6, 6.07) is 3.47. The molecule has 0 saturated heterocycles. The predicted molar refractivity (Wildman–Crippen MR) is 65.9 cm³/mol. The highest BCUT2D eigenvalue weighted by Crippen LogP contribution is 2.25. The van der Waals surface area contributed by atoms with Gasteiger partial charge in [0.2, 0.25) is 0 Å². The first-order valence-corrected chi connectivity index (χ1v) is 5.41. The quantitative estimate of drug-likeness (QED) is 0.628. The third-order valence-corrected chi connectivity index (χ3v) is 2.44. The predicted octanol–water partition coefficient (Wildman–Crippen LogP) is 3.28. The number of aryl methyl sites for hydroxylation is 2. The summed E-state index contributed by atoms with van der Waals surface area (Å²) in [7, 11) is 0. The smallest absolute Gasteiger partial charge is 0.272 e. The highest BCUT2D eigenvalue weighted by atomic mass is 16.6. The fourth-order valence-electron chi connectivity index (χ4n) is 1.50. The van der Waals surface area contributed by atoms with Crippen molar-refractivity contribution < 1.29 is 4.92 Å². The van der Waals surface area contributed by atoms with Crippen LogP contribution in [0.1, 0.15) is 25.0 Å². The van der Waals surface area contributed by atoms with Gasteiger partial charge in [-0.1, -0.05) is 13.8 Å². The first-order chi connectivity index (χ1) is 7.41. The normalized spacial score (nSPS) is 10.6. The summed E-state index contributed by atoms with van der Waals surface area (Å²) in [5, 5.41) is 14.0. The van der Waals surface area contributed by atoms with Crippen LogP contribution in [-0.4, -0.2) is 11.5 Å². The molecule has 0 aliphatic carbocycles. The molecule has 0 aliphatic rings. The van der Waals surface area contributed by atoms with E-state index in [1.807, 2.05) is 13.0 Å². The van der Waals surface area contributed by atoms with Crippen molar-refractivity contribution in [1.29, 1.82) is 0 Å². The number of nitro benzene ring substituents is 1. The second-order valence-electron chi connectivity index (χ2n) is 4.49. The lowest BCUT2D eigenvalue weighted by Gasteiger charge is -2.12. The molecule has 0 fully saturated rings. The second kappa shape index (κ2) is 4.96. The van der Waals surface area contributed by atoms with E-state index >= 15 is 0 Å². The van der Waals surface area contributed by atoms with E-state index in [2.05, 4.69) is 19.2 Å². The van der Waals surface area contributed by atoms with Crippen molar-refractivity contribution in [2.24, 2.45) is 5.92 Å². The number of anilines is 1. The fourth-order valence-corrected chi connectivity index (χ4v) is 1.50. The van der Waals surface area contributed by atoms with Gasteiger partial charge in [-0.2, -0.15) is 0 Å². The van der Waals surface area contributed by atoms with E-state index in [0.717, 1.165) is 17.8 Å². The van der Waals surface area contributed by atoms with Crippen LogP contribution in [0.3, 0.4) is 0 Å². The van der Waals surface area contributed by atoms with Crippen LogP contribution in [0.5, 0.6) is 0 Å². The maximum absolute atomic E-state index is 10.7. The molecule has 88 valence electrons. The van der Waals surface area contributed by atoms with Gasteiger partial charge >= 0.3 is 0 Å². The van der Waals surface area contributed by atoms with Gasteiger partial charge in [0.25, 0.3) is 5.69 Å². The van der Waals surface area contributed by atoms with E-state index in [9.17, 15) is 10.1 Å². The lowest BCUT2D eigenvalue weighted by Crippen LogP contribution is -2.09. The van der Waals surface area contributed by atoms with Gasteiger partial charge in [-0.15, -0.1) is 0 Å². The monoisotopic (exact) mass is 222 g/mol. The summed E-state index contributed by atoms with van der Waals surface area (Å²) in [5.74, 6) is 0.551. The van der Waals surface area contributed by atoms with Crippen molar-refractivity contribution in [3.8, 4) is 0 Å². The van der Waals surface area contributed by atoms with Gasteiger partial charge < -0.3 is 5.32 Å². The van der Waals surface area contributed by atoms with Crippen LogP contribution in [-0.2, 0) is 0 Å². The zero-order chi connectivity index (χ0) is 12.3. The Kier molecular flexibility index (Phi) is 3.88. The van der Waals surface area contributed by atoms with Crippen LogP contribution >= 0.6 is 0 Å². The molecule has 0 bridgehead atoms. The maximum Gasteiger partial charge on any atom is 0.272 e. The molecule has 0 radical (unpaired) electrons. The van der Waals surface area contributed by atoms with E-state index in [1.54, 1.807) is 13.0 Å². The molecule has 0 aliphatic heterocycles. The van der Waals surface area contributed by atoms with Crippen LogP contribution in [0.4, 0.5) is 11.4 Å². The van der Waals surface area contributed by atoms with Crippen LogP contribution in [0.25, 0.3) is 0 Å². The Bertz CT molecular complexity index is 400. The molecular formula is C12H18N2O2. The second-order valence-corrected chi connectivity index (χ2v) is 4.49. The Morgan fingerprint density at radius 3 is 2.44 bits per heavy atom. The van der Waals surface area contributed by atoms with Gasteiger partial charge in [0.05, 0.1) is 4.92 Å². The van der Waals surface area contributed by atoms with Crippen LogP contribution in [0, 0.1) is 29.9 Å². The standard InChI is InChI=1S/C12H18N2O2/c1-8(2)7-13-11-5-10(4)12(14(15)16)6-9(11)3/h5-6,8,13H,7H2,1-4H3. The first kappa shape index (κ1) is 12.5. The molecule has 0 spiro atoms. The molecule has 1 N–H and O–H groups in total. The molecule has 4 heteroatoms. The molecule has 16 heavy (non-hydrogen) atoms. The molecule has 0 unspecified atom stereocenters. The first-order valence-electron chi connectivity index (χ1n) is 5.41. The van der Waals surface area contributed by atoms with E-state index in [1.165, 1.54) is 0 Å². The minimum atomic E-state index is -0.339. The lowest BCUT2D eigenvalue weighted by molar-refractivity contribution is -0.385. The average Bonchev–Trinajstić information content (AvgIpc) is 2.18. The van der Waals surface area contributed by atoms with Crippen molar-refractivity contribution in [3.63, 3.8) is 0 Å². The van der Waals surface area contributed by atoms with Gasteiger partial charge in [0, 0.05) is 23.9 Å². The molecule has 0 saturated carbocycles. The minimum Gasteiger partial charge on any atom is -0.385 e. The van der Waals surface area contributed by atoms with Crippen LogP contribution in [0.2, 0.25) is 0 Å². The number of hydrogen-bond donors (Lipinski definition) is 1. The molecule has 0 amide bonds. The summed E-state index contributed by atoms with van der Waals surface area (Å²) >= 11 is 0. The molecule has 1 aromatic rings. The van der Waals surface area contributed by atoms with Crippen molar-refractivity contribution in [2.45, 2.75) is 27.7 Å². The summed E-state index contributed by atoms with van der Waals surface area (Å²) in [6.07, 6.45) is 0. The van der Waals surface area contributed by atoms with Gasteiger partial charge in [-0.05, 0) is 31.4 Å². The Labute approximate surface area is 95.8 Å². The van der Waals surface area contributed by atoms with E-state index in [-0.39, 0.29) is 10.6 Å². The largest absolute Gasteiger partial charge is 0.385 e. The molecule has 0 atom stereocenters. The number of nitrogens with zero attached hydrogens (tertiary/aromatic N) is 1. The highest BCUT2D eigenvalue weighted by Gasteiger charge is 2.12. The van der Waals surface area contributed by atoms with Crippen molar-refractivity contribution >= 4 is 11.4 Å². The molecule has 1 rings (SSSR count). The van der Waals surface area contributed by atoms with Gasteiger partial charge in [0.15, 0.2) is 0 Å². The Morgan fingerprint density at radius 1 is 1.31 bits per heavy atom. The van der Waals surface area contributed by atoms with Crippen molar-refractivity contribution in [1.82, 2.24) is 0 Å². The van der Waals surface area contributed by atoms with Crippen molar-refractivity contribution in [2.75, 3.05) is 11.9 Å². The van der Waals surface area contributed by atoms with E-state index < -0.39 is 0 Å². The number of nitro groups is 1. The van der Waals surface area contributed by atoms with E-state index in [0.29, 0.717) is 11.5 Å². The summed E-state index contributed by atoms with van der Waals surface area (Å²) in [6.45, 7) is 8.77. The Balaban J connectivity index is 2.96. The maximum atomic E-state index is 10.7. The molecule has 0 aromatic heterocycles. The summed E-state index contributed by atoms with van der Waals surface area (Å²) in [5.41, 5.74) is 2.78. The fraction of sp³-hybridized carbons (Fsp3) is 0.500. The van der Waals surface area contributed by atoms with E-state index in [4.69, 9.17) is 0 Å². The summed E-state index contributed by atoms with van der Waals surface area (Å²) < 4.78 is 0. The number of benzene rings is 1. The third kappa shape index (κ3) is 2.95. The zero-order valence-corrected chi connectivity index (χ0v) is 10.2. The molecular weight excluding hydrogens is 204 g/mol. The number of hydrogen-bond acceptors (Lipinski definition) is 3. The number of rotatable bonds is 4. The van der Waals surface area contributed by atoms with Crippen LogP contribution in [0.15, 0.2) is 12.1 Å². The van der Waals surface area contributed by atoms with Gasteiger partial charge in [-0.3, -0.25) is 10.1 Å². The third-order valence-electron chi connectivity index (χ3n) is 2.44. The highest BCUT2D eigenvalue weighted by molar-refractivity contribution is 5.59. The number of nitrogens with one attached hydrogen (secondary N) is 1. The molecule has 4 nitrogen and oxygen atoms in total. The minimum absolute atomic E-state index is 0.188.